The average molecular weight is 506 g/mol. The van der Waals surface area contributed by atoms with E-state index in [9.17, 15) is 4.79 Å². The highest BCUT2D eigenvalue weighted by Gasteiger charge is 2.17. The monoisotopic (exact) mass is 505 g/mol. The van der Waals surface area contributed by atoms with Gasteiger partial charge in [0.1, 0.15) is 5.75 Å². The SMILES string of the molecule is COc1ccc(-c2nnc(SCC(=O)N/N=C(\C)c3ccccc3Cl)n2-c2ccc(C)cc2)cc1. The van der Waals surface area contributed by atoms with Crippen LogP contribution < -0.4 is 10.2 Å². The van der Waals surface area contributed by atoms with Crippen LogP contribution in [0.25, 0.3) is 17.1 Å². The van der Waals surface area contributed by atoms with E-state index >= 15 is 0 Å². The minimum atomic E-state index is -0.258. The van der Waals surface area contributed by atoms with Crippen molar-refractivity contribution in [3.05, 3.63) is 88.9 Å². The first-order chi connectivity index (χ1) is 17.0. The van der Waals surface area contributed by atoms with Crippen molar-refractivity contribution in [3.8, 4) is 22.8 Å². The normalized spacial score (nSPS) is 11.4. The molecule has 178 valence electrons. The molecule has 0 saturated carbocycles. The van der Waals surface area contributed by atoms with E-state index in [0.717, 1.165) is 28.1 Å². The molecule has 1 amide bonds. The van der Waals surface area contributed by atoms with Crippen LogP contribution >= 0.6 is 23.4 Å². The predicted molar refractivity (Wildman–Crippen MR) is 141 cm³/mol. The molecule has 4 aromatic rings. The lowest BCUT2D eigenvalue weighted by atomic mass is 10.1. The quantitative estimate of drug-likeness (QED) is 0.193. The number of methoxy groups -OCH3 is 1. The summed E-state index contributed by atoms with van der Waals surface area (Å²) >= 11 is 7.49. The Balaban J connectivity index is 1.54. The number of carbonyl (C=O) groups is 1. The Morgan fingerprint density at radius 1 is 1.06 bits per heavy atom. The summed E-state index contributed by atoms with van der Waals surface area (Å²) in [5.74, 6) is 1.29. The largest absolute Gasteiger partial charge is 0.497 e. The molecule has 0 radical (unpaired) electrons. The van der Waals surface area contributed by atoms with E-state index in [1.54, 1.807) is 20.1 Å². The van der Waals surface area contributed by atoms with E-state index in [4.69, 9.17) is 16.3 Å². The summed E-state index contributed by atoms with van der Waals surface area (Å²) in [5, 5.41) is 14.2. The summed E-state index contributed by atoms with van der Waals surface area (Å²) < 4.78 is 7.21. The summed E-state index contributed by atoms with van der Waals surface area (Å²) in [5.41, 5.74) is 6.92. The van der Waals surface area contributed by atoms with Gasteiger partial charge in [-0.2, -0.15) is 5.10 Å². The van der Waals surface area contributed by atoms with Crippen molar-refractivity contribution in [1.29, 1.82) is 0 Å². The van der Waals surface area contributed by atoms with Crippen LogP contribution in [0.2, 0.25) is 5.02 Å². The van der Waals surface area contributed by atoms with Crippen molar-refractivity contribution in [1.82, 2.24) is 20.2 Å². The van der Waals surface area contributed by atoms with Crippen molar-refractivity contribution in [2.24, 2.45) is 5.10 Å². The van der Waals surface area contributed by atoms with Gasteiger partial charge >= 0.3 is 0 Å². The molecule has 0 saturated heterocycles. The van der Waals surface area contributed by atoms with E-state index in [1.165, 1.54) is 11.8 Å². The molecule has 0 bridgehead atoms. The number of carbonyl (C=O) groups excluding carboxylic acids is 1. The van der Waals surface area contributed by atoms with E-state index in [1.807, 2.05) is 78.2 Å². The molecule has 4 rings (SSSR count). The summed E-state index contributed by atoms with van der Waals surface area (Å²) in [4.78, 5) is 12.5. The lowest BCUT2D eigenvalue weighted by molar-refractivity contribution is -0.118. The highest BCUT2D eigenvalue weighted by Crippen LogP contribution is 2.29. The number of nitrogens with zero attached hydrogens (tertiary/aromatic N) is 4. The Hall–Kier alpha value is -3.62. The van der Waals surface area contributed by atoms with Gasteiger partial charge in [0.15, 0.2) is 11.0 Å². The second kappa shape index (κ2) is 11.2. The zero-order valence-corrected chi connectivity index (χ0v) is 21.1. The summed E-state index contributed by atoms with van der Waals surface area (Å²) in [6, 6.07) is 23.0. The first-order valence-electron chi connectivity index (χ1n) is 10.8. The zero-order valence-electron chi connectivity index (χ0n) is 19.5. The lowest BCUT2D eigenvalue weighted by Gasteiger charge is -2.11. The third-order valence-corrected chi connectivity index (χ3v) is 6.48. The highest BCUT2D eigenvalue weighted by atomic mass is 35.5. The number of thioether (sulfide) groups is 1. The Labute approximate surface area is 213 Å². The summed E-state index contributed by atoms with van der Waals surface area (Å²) in [6.07, 6.45) is 0. The van der Waals surface area contributed by atoms with Gasteiger partial charge in [-0.3, -0.25) is 9.36 Å². The maximum atomic E-state index is 12.5. The molecule has 0 aliphatic heterocycles. The van der Waals surface area contributed by atoms with E-state index in [-0.39, 0.29) is 11.7 Å². The first kappa shape index (κ1) is 24.5. The zero-order chi connectivity index (χ0) is 24.8. The smallest absolute Gasteiger partial charge is 0.250 e. The van der Waals surface area contributed by atoms with Crippen molar-refractivity contribution in [3.63, 3.8) is 0 Å². The fraction of sp³-hybridized carbons (Fsp3) is 0.154. The van der Waals surface area contributed by atoms with Crippen LogP contribution in [0.4, 0.5) is 0 Å². The highest BCUT2D eigenvalue weighted by molar-refractivity contribution is 7.99. The van der Waals surface area contributed by atoms with Gasteiger partial charge in [-0.25, -0.2) is 5.43 Å². The maximum Gasteiger partial charge on any atom is 0.250 e. The van der Waals surface area contributed by atoms with E-state index in [2.05, 4.69) is 20.7 Å². The molecule has 9 heteroatoms. The molecule has 35 heavy (non-hydrogen) atoms. The molecule has 1 heterocycles. The van der Waals surface area contributed by atoms with Gasteiger partial charge in [0.25, 0.3) is 5.91 Å². The van der Waals surface area contributed by atoms with E-state index in [0.29, 0.717) is 21.7 Å². The lowest BCUT2D eigenvalue weighted by Crippen LogP contribution is -2.21. The number of benzene rings is 3. The van der Waals surface area contributed by atoms with Gasteiger partial charge in [0.05, 0.1) is 18.6 Å². The third-order valence-electron chi connectivity index (χ3n) is 5.22. The van der Waals surface area contributed by atoms with Crippen LogP contribution in [0.3, 0.4) is 0 Å². The number of rotatable bonds is 8. The third kappa shape index (κ3) is 5.90. The van der Waals surface area contributed by atoms with Crippen LogP contribution in [0, 0.1) is 6.92 Å². The molecule has 0 unspecified atom stereocenters. The molecule has 1 N–H and O–H groups in total. The van der Waals surface area contributed by atoms with Crippen LogP contribution in [-0.4, -0.2) is 39.2 Å². The number of ether oxygens (including phenoxy) is 1. The molecule has 1 aromatic heterocycles. The number of halogens is 1. The Bertz CT molecular complexity index is 1350. The molecule has 0 atom stereocenters. The van der Waals surface area contributed by atoms with Crippen molar-refractivity contribution in [2.75, 3.05) is 12.9 Å². The molecular formula is C26H24ClN5O2S. The van der Waals surface area contributed by atoms with Crippen molar-refractivity contribution >= 4 is 35.0 Å². The molecular weight excluding hydrogens is 482 g/mol. The Morgan fingerprint density at radius 2 is 1.77 bits per heavy atom. The number of aryl methyl sites for hydroxylation is 1. The number of nitrogens with one attached hydrogen (secondary N) is 1. The Kier molecular flexibility index (Phi) is 7.84. The number of hydrogen-bond acceptors (Lipinski definition) is 6. The second-order valence-electron chi connectivity index (χ2n) is 7.71. The minimum Gasteiger partial charge on any atom is -0.497 e. The van der Waals surface area contributed by atoms with Gasteiger partial charge < -0.3 is 4.74 Å². The molecule has 0 fully saturated rings. The van der Waals surface area contributed by atoms with Gasteiger partial charge in [-0.05, 0) is 56.3 Å². The van der Waals surface area contributed by atoms with Crippen LogP contribution in [-0.2, 0) is 4.79 Å². The number of hydrogen-bond donors (Lipinski definition) is 1. The first-order valence-corrected chi connectivity index (χ1v) is 12.2. The second-order valence-corrected chi connectivity index (χ2v) is 9.06. The topological polar surface area (TPSA) is 81.4 Å². The van der Waals surface area contributed by atoms with Gasteiger partial charge in [0, 0.05) is 21.8 Å². The van der Waals surface area contributed by atoms with Crippen LogP contribution in [0.1, 0.15) is 18.1 Å². The molecule has 3 aromatic carbocycles. The number of hydrazone groups is 1. The maximum absolute atomic E-state index is 12.5. The number of aromatic nitrogens is 3. The molecule has 0 aliphatic rings. The van der Waals surface area contributed by atoms with Gasteiger partial charge in [0.2, 0.25) is 0 Å². The molecule has 7 nitrogen and oxygen atoms in total. The predicted octanol–water partition coefficient (Wildman–Crippen LogP) is 5.54. The fourth-order valence-electron chi connectivity index (χ4n) is 3.34. The summed E-state index contributed by atoms with van der Waals surface area (Å²) in [7, 11) is 1.63. The van der Waals surface area contributed by atoms with Crippen molar-refractivity contribution in [2.45, 2.75) is 19.0 Å². The molecule has 0 aliphatic carbocycles. The van der Waals surface area contributed by atoms with Crippen LogP contribution in [0.15, 0.2) is 83.1 Å². The standard InChI is InChI=1S/C26H24ClN5O2S/c1-17-8-12-20(13-9-17)32-25(19-10-14-21(34-3)15-11-19)30-31-26(32)35-16-24(33)29-28-18(2)22-6-4-5-7-23(22)27/h4-15H,16H2,1-3H3,(H,29,33)/b28-18+. The number of amides is 1. The van der Waals surface area contributed by atoms with E-state index < -0.39 is 0 Å². The fourth-order valence-corrected chi connectivity index (χ4v) is 4.36. The van der Waals surface area contributed by atoms with Crippen molar-refractivity contribution < 1.29 is 9.53 Å². The Morgan fingerprint density at radius 3 is 2.46 bits per heavy atom. The van der Waals surface area contributed by atoms with Gasteiger partial charge in [-0.1, -0.05) is 59.3 Å². The van der Waals surface area contributed by atoms with Crippen LogP contribution in [0.5, 0.6) is 5.75 Å². The average Bonchev–Trinajstić information content (AvgIpc) is 3.30. The summed E-state index contributed by atoms with van der Waals surface area (Å²) in [6.45, 7) is 3.83. The minimum absolute atomic E-state index is 0.117. The van der Waals surface area contributed by atoms with Gasteiger partial charge in [-0.15, -0.1) is 10.2 Å². The molecule has 0 spiro atoms.